The van der Waals surface area contributed by atoms with E-state index < -0.39 is 83.7 Å². The number of amides is 5. The van der Waals surface area contributed by atoms with Crippen LogP contribution in [0.3, 0.4) is 0 Å². The zero-order valence-electron chi connectivity index (χ0n) is 67.1. The Bertz CT molecular complexity index is 3090. The van der Waals surface area contributed by atoms with Gasteiger partial charge in [0.1, 0.15) is 81.4 Å². The van der Waals surface area contributed by atoms with Crippen molar-refractivity contribution >= 4 is 175 Å². The SMILES string of the molecule is CC(=O)[C@@H]1CCSCCC(=O)CN1.CC(=O)[C@@H]1CCSCCC(=O)CN1.CC(=O)[C@@H]1CCSCCC(=O)CN1.CC(=O)[C@@H]1CSCCCC(=O)CN1.CC(=O)[C@@H]1CSCCCC(=O)CN1.CC[C@H](C)[C@@H]1NC(=O)[C@H](Cc2ccc(O)cc2)NC(=O)CCCSC[C@@H](C(C)=O)NN[C@@H](CC(N)=O)C(=O)C(=O)C(CCC(N)=O)NC1=O. The molecule has 11 atom stereocenters. The molecule has 1 unspecified atom stereocenters. The molecule has 37 heteroatoms. The fourth-order valence-corrected chi connectivity index (χ4v) is 17.3. The lowest BCUT2D eigenvalue weighted by Gasteiger charge is -2.29. The second kappa shape index (κ2) is 60.4. The molecular formula is C77H122N12O19S6. The van der Waals surface area contributed by atoms with Crippen molar-refractivity contribution in [3.8, 4) is 5.75 Å². The van der Waals surface area contributed by atoms with Gasteiger partial charge in [-0.15, -0.1) is 0 Å². The summed E-state index contributed by atoms with van der Waals surface area (Å²) in [6.07, 6.45) is 7.06. The molecule has 0 spiro atoms. The number of phenolic OH excluding ortho intramolecular Hbond substituents is 1. The molecule has 6 saturated heterocycles. The van der Waals surface area contributed by atoms with Crippen molar-refractivity contribution in [2.75, 3.05) is 102 Å². The number of nitrogens with one attached hydrogen (secondary N) is 10. The number of carbonyl (C=O) groups excluding carboxylic acids is 18. The number of thioether (sulfide) groups is 6. The fraction of sp³-hybridized carbons (Fsp3) is 0.688. The van der Waals surface area contributed by atoms with E-state index in [1.807, 2.05) is 0 Å². The van der Waals surface area contributed by atoms with Crippen LogP contribution in [0, 0.1) is 5.92 Å². The Balaban J connectivity index is 0.000000542. The van der Waals surface area contributed by atoms with Crippen LogP contribution in [0.4, 0.5) is 0 Å². The number of aromatic hydroxyl groups is 1. The maximum absolute atomic E-state index is 13.7. The summed E-state index contributed by atoms with van der Waals surface area (Å²) < 4.78 is 0. The molecular weight excluding hydrogens is 1590 g/mol. The van der Waals surface area contributed by atoms with Gasteiger partial charge in [0.2, 0.25) is 41.1 Å². The number of rotatable bonds is 15. The first-order valence-corrected chi connectivity index (χ1v) is 45.6. The van der Waals surface area contributed by atoms with Crippen molar-refractivity contribution in [1.82, 2.24) is 53.4 Å². The van der Waals surface area contributed by atoms with Gasteiger partial charge >= 0.3 is 0 Å². The van der Waals surface area contributed by atoms with Gasteiger partial charge in [-0.05, 0) is 145 Å². The summed E-state index contributed by atoms with van der Waals surface area (Å²) >= 11 is 10.1. The zero-order chi connectivity index (χ0) is 85.1. The molecule has 5 amide bonds. The molecule has 1 aromatic carbocycles. The maximum atomic E-state index is 13.7. The highest BCUT2D eigenvalue weighted by molar-refractivity contribution is 8.00. The van der Waals surface area contributed by atoms with Crippen molar-refractivity contribution in [2.24, 2.45) is 17.4 Å². The normalized spacial score (nSPS) is 25.3. The molecule has 7 rings (SSSR count). The topological polar surface area (TPSA) is 500 Å². The number of hydrazine groups is 1. The van der Waals surface area contributed by atoms with Crippen molar-refractivity contribution in [3.63, 3.8) is 0 Å². The van der Waals surface area contributed by atoms with E-state index in [1.54, 1.807) is 119 Å². The van der Waals surface area contributed by atoms with Gasteiger partial charge in [0.05, 0.1) is 87.5 Å². The Labute approximate surface area is 695 Å². The predicted molar refractivity (Wildman–Crippen MR) is 451 cm³/mol. The van der Waals surface area contributed by atoms with Gasteiger partial charge in [-0.2, -0.15) is 70.6 Å². The largest absolute Gasteiger partial charge is 0.508 e. The number of hydrogen-bond acceptors (Lipinski definition) is 32. The number of hydrogen-bond donors (Lipinski definition) is 13. The fourth-order valence-electron chi connectivity index (χ4n) is 11.1. The molecule has 0 aromatic heterocycles. The standard InChI is InChI=1S/C32H47N7O9S.5C9H15NO2S/c1-4-17(2)28-32(48)36-21(11-12-25(33)42)29(45)30(46)22(15-26(34)43)38-39-24(18(3)40)16-49-13-5-6-27(44)35-23(31(47)37-28)14-19-7-9-20(41)10-8-19;3*1-7(11)9-3-5-13-4-2-8(12)6-10-9;2*1-7(11)9-6-13-4-2-3-8(12)5-10-9/h7-10,17,21-24,28,38-39,41H,4-6,11-16H2,1-3H3,(H2,33,42)(H2,34,43)(H,35,44)(H,36,48)(H,37,47);5*9-10H,2-6H2,1H3/t17-,21?,22-,23-,24-,28-;5*9-/m000000/s1. The average molecular weight is 1710 g/mol. The van der Waals surface area contributed by atoms with E-state index in [1.165, 1.54) is 30.8 Å². The van der Waals surface area contributed by atoms with Crippen molar-refractivity contribution in [1.29, 1.82) is 0 Å². The molecule has 0 radical (unpaired) electrons. The molecule has 0 saturated carbocycles. The molecule has 0 aliphatic carbocycles. The van der Waals surface area contributed by atoms with E-state index in [4.69, 9.17) is 11.5 Å². The van der Waals surface area contributed by atoms with E-state index in [0.717, 1.165) is 89.6 Å². The van der Waals surface area contributed by atoms with Gasteiger partial charge in [0.25, 0.3) is 0 Å². The van der Waals surface area contributed by atoms with E-state index in [-0.39, 0.29) is 131 Å². The van der Waals surface area contributed by atoms with Gasteiger partial charge in [-0.3, -0.25) is 96.9 Å². The minimum Gasteiger partial charge on any atom is -0.508 e. The first-order chi connectivity index (χ1) is 54.1. The van der Waals surface area contributed by atoms with Crippen LogP contribution in [0.2, 0.25) is 0 Å². The van der Waals surface area contributed by atoms with Crippen molar-refractivity contribution in [3.05, 3.63) is 29.8 Å². The van der Waals surface area contributed by atoms with Crippen LogP contribution >= 0.6 is 70.6 Å². The quantitative estimate of drug-likeness (QED) is 0.111. The van der Waals surface area contributed by atoms with Crippen LogP contribution in [0.15, 0.2) is 24.3 Å². The summed E-state index contributed by atoms with van der Waals surface area (Å²) in [6, 6.07) is -0.892. The molecule has 0 bridgehead atoms. The molecule has 6 heterocycles. The van der Waals surface area contributed by atoms with Gasteiger partial charge in [-0.25, -0.2) is 10.9 Å². The third-order valence-electron chi connectivity index (χ3n) is 18.5. The third kappa shape index (κ3) is 47.3. The lowest BCUT2D eigenvalue weighted by atomic mass is 9.94. The number of primary amides is 2. The lowest BCUT2D eigenvalue weighted by Crippen LogP contribution is -2.60. The Hall–Kier alpha value is -6.10. The monoisotopic (exact) mass is 1710 g/mol. The van der Waals surface area contributed by atoms with E-state index in [2.05, 4.69) is 53.4 Å². The predicted octanol–water partition coefficient (Wildman–Crippen LogP) is 1.81. The number of benzene rings is 1. The summed E-state index contributed by atoms with van der Waals surface area (Å²) in [5, 5.41) is 32.6. The van der Waals surface area contributed by atoms with Gasteiger partial charge < -0.3 is 48.5 Å². The molecule has 31 nitrogen and oxygen atoms in total. The second-order valence-corrected chi connectivity index (χ2v) is 35.4. The summed E-state index contributed by atoms with van der Waals surface area (Å²) in [5.41, 5.74) is 16.5. The average Bonchev–Trinajstić information content (AvgIpc) is 0.924. The van der Waals surface area contributed by atoms with Crippen LogP contribution in [0.5, 0.6) is 5.75 Å². The van der Waals surface area contributed by atoms with Gasteiger partial charge in [0.15, 0.2) is 0 Å². The Morgan fingerprint density at radius 3 is 1.18 bits per heavy atom. The minimum atomic E-state index is -1.58. The molecule has 6 aliphatic heterocycles. The van der Waals surface area contributed by atoms with Crippen LogP contribution < -0.4 is 64.9 Å². The first kappa shape index (κ1) is 104. The summed E-state index contributed by atoms with van der Waals surface area (Å²) in [5.74, 6) is 4.69. The third-order valence-corrected chi connectivity index (χ3v) is 25.0. The van der Waals surface area contributed by atoms with Crippen LogP contribution in [0.1, 0.15) is 164 Å². The molecule has 114 heavy (non-hydrogen) atoms. The highest BCUT2D eigenvalue weighted by Gasteiger charge is 2.38. The lowest BCUT2D eigenvalue weighted by molar-refractivity contribution is -0.141. The maximum Gasteiger partial charge on any atom is 0.243 e. The smallest absolute Gasteiger partial charge is 0.243 e. The summed E-state index contributed by atoms with van der Waals surface area (Å²) in [7, 11) is 0. The van der Waals surface area contributed by atoms with Crippen LogP contribution in [0.25, 0.3) is 0 Å². The Morgan fingerprint density at radius 2 is 0.798 bits per heavy atom. The van der Waals surface area contributed by atoms with Crippen molar-refractivity contribution in [2.45, 2.75) is 225 Å². The Morgan fingerprint density at radius 1 is 0.421 bits per heavy atom. The summed E-state index contributed by atoms with van der Waals surface area (Å²) in [6.45, 7) is 14.4. The number of phenols is 1. The molecule has 15 N–H and O–H groups in total. The molecule has 6 aliphatic rings. The van der Waals surface area contributed by atoms with E-state index in [9.17, 15) is 91.4 Å². The van der Waals surface area contributed by atoms with E-state index in [0.29, 0.717) is 89.0 Å². The molecule has 640 valence electrons. The van der Waals surface area contributed by atoms with Crippen molar-refractivity contribution < 1.29 is 91.4 Å². The highest BCUT2D eigenvalue weighted by atomic mass is 32.2. The summed E-state index contributed by atoms with van der Waals surface area (Å²) in [4.78, 5) is 215. The number of carbonyl (C=O) groups is 18. The molecule has 1 aromatic rings. The first-order valence-electron chi connectivity index (χ1n) is 38.7. The number of ketones is 13. The van der Waals surface area contributed by atoms with E-state index >= 15 is 0 Å². The minimum absolute atomic E-state index is 0.0114. The van der Waals surface area contributed by atoms with Gasteiger partial charge in [0, 0.05) is 85.9 Å². The highest BCUT2D eigenvalue weighted by Crippen LogP contribution is 2.19. The number of nitrogens with two attached hydrogens (primary N) is 2. The van der Waals surface area contributed by atoms with Crippen LogP contribution in [-0.4, -0.2) is 272 Å². The van der Waals surface area contributed by atoms with Crippen LogP contribution in [-0.2, 0) is 92.7 Å². The molecule has 6 fully saturated rings. The van der Waals surface area contributed by atoms with Gasteiger partial charge in [-0.1, -0.05) is 32.4 Å². The zero-order valence-corrected chi connectivity index (χ0v) is 72.0. The second-order valence-electron chi connectivity index (χ2n) is 28.2. The number of Topliss-reactive ketones (excluding diaryl/α,β-unsaturated/α-hetero) is 13. The Kier molecular flexibility index (Phi) is 55.1.